The quantitative estimate of drug-likeness (QED) is 0.303. The smallest absolute Gasteiger partial charge is 0.343 e. The van der Waals surface area contributed by atoms with Gasteiger partial charge in [-0.25, -0.2) is 22.8 Å². The number of benzene rings is 3. The number of nitrogens with zero attached hydrogens (tertiary/aromatic N) is 1. The fourth-order valence-electron chi connectivity index (χ4n) is 3.61. The highest BCUT2D eigenvalue weighted by molar-refractivity contribution is 6.13. The molecule has 0 amide bonds. The van der Waals surface area contributed by atoms with Gasteiger partial charge >= 0.3 is 11.9 Å². The summed E-state index contributed by atoms with van der Waals surface area (Å²) >= 11 is 0. The fourth-order valence-corrected chi connectivity index (χ4v) is 3.61. The normalized spacial score (nSPS) is 13.4. The van der Waals surface area contributed by atoms with Crippen molar-refractivity contribution in [2.24, 2.45) is 4.99 Å². The van der Waals surface area contributed by atoms with Gasteiger partial charge in [0, 0.05) is 11.1 Å². The molecule has 35 heavy (non-hydrogen) atoms. The monoisotopic (exact) mass is 483 g/mol. The van der Waals surface area contributed by atoms with E-state index in [1.54, 1.807) is 60.7 Å². The first-order chi connectivity index (χ1) is 16.8. The van der Waals surface area contributed by atoms with Crippen LogP contribution in [0.2, 0.25) is 0 Å². The zero-order chi connectivity index (χ0) is 25.4. The largest absolute Gasteiger partial charge is 0.465 e. The Morgan fingerprint density at radius 1 is 0.829 bits per heavy atom. The Hall–Kier alpha value is -3.94. The van der Waals surface area contributed by atoms with Crippen LogP contribution >= 0.6 is 0 Å². The van der Waals surface area contributed by atoms with E-state index in [2.05, 4.69) is 9.73 Å². The van der Waals surface area contributed by atoms with Gasteiger partial charge in [0.15, 0.2) is 5.54 Å². The van der Waals surface area contributed by atoms with Crippen molar-refractivity contribution in [2.45, 2.75) is 25.1 Å². The summed E-state index contributed by atoms with van der Waals surface area (Å²) in [6.45, 7) is 1.25. The van der Waals surface area contributed by atoms with E-state index in [1.807, 2.05) is 0 Å². The average Bonchev–Trinajstić information content (AvgIpc) is 2.90. The lowest BCUT2D eigenvalue weighted by molar-refractivity contribution is -0.155. The van der Waals surface area contributed by atoms with Crippen molar-refractivity contribution in [3.63, 3.8) is 0 Å². The predicted octanol–water partition coefficient (Wildman–Crippen LogP) is 5.37. The van der Waals surface area contributed by atoms with Gasteiger partial charge in [-0.3, -0.25) is 4.99 Å². The first-order valence-corrected chi connectivity index (χ1v) is 10.8. The SMILES string of the molecule is CCOC(=O)C(F)C(N=C(c1ccccc1)c1ccccc1)(c1ccc(C(=O)OC)cc1)C(F)F. The van der Waals surface area contributed by atoms with Crippen LogP contribution in [-0.2, 0) is 19.8 Å². The molecule has 5 nitrogen and oxygen atoms in total. The molecule has 2 atom stereocenters. The standard InChI is InChI=1S/C27H24F3NO4/c1-3-35-25(33)23(28)27(26(29)30,21-16-14-20(15-17-21)24(32)34-2)31-22(18-10-6-4-7-11-18)19-12-8-5-9-13-19/h4-17,23,26H,3H2,1-2H3. The highest BCUT2D eigenvalue weighted by Crippen LogP contribution is 2.40. The molecule has 0 aromatic heterocycles. The molecule has 0 fully saturated rings. The van der Waals surface area contributed by atoms with Crippen LogP contribution in [0.5, 0.6) is 0 Å². The van der Waals surface area contributed by atoms with Gasteiger partial charge in [-0.05, 0) is 24.6 Å². The minimum Gasteiger partial charge on any atom is -0.465 e. The molecule has 0 saturated carbocycles. The maximum atomic E-state index is 15.8. The molecule has 0 saturated heterocycles. The third-order valence-corrected chi connectivity index (χ3v) is 5.37. The molecule has 2 unspecified atom stereocenters. The first-order valence-electron chi connectivity index (χ1n) is 10.8. The van der Waals surface area contributed by atoms with Crippen LogP contribution in [-0.4, -0.2) is 44.0 Å². The molecule has 0 radical (unpaired) electrons. The fraction of sp³-hybridized carbons (Fsp3) is 0.222. The minimum atomic E-state index is -3.45. The van der Waals surface area contributed by atoms with E-state index in [4.69, 9.17) is 4.74 Å². The van der Waals surface area contributed by atoms with Gasteiger partial charge in [0.2, 0.25) is 6.17 Å². The third kappa shape index (κ3) is 5.42. The van der Waals surface area contributed by atoms with Gasteiger partial charge in [0.1, 0.15) is 0 Å². The first kappa shape index (κ1) is 25.7. The number of halogens is 3. The second-order valence-electron chi connectivity index (χ2n) is 7.50. The summed E-state index contributed by atoms with van der Waals surface area (Å²) < 4.78 is 55.1. The van der Waals surface area contributed by atoms with Crippen LogP contribution in [0.3, 0.4) is 0 Å². The summed E-state index contributed by atoms with van der Waals surface area (Å²) in [5.41, 5.74) is -2.22. The molecular weight excluding hydrogens is 459 g/mol. The topological polar surface area (TPSA) is 65.0 Å². The van der Waals surface area contributed by atoms with Crippen molar-refractivity contribution >= 4 is 17.7 Å². The highest BCUT2D eigenvalue weighted by atomic mass is 19.3. The van der Waals surface area contributed by atoms with Gasteiger partial charge < -0.3 is 9.47 Å². The molecule has 3 aromatic carbocycles. The van der Waals surface area contributed by atoms with Crippen molar-refractivity contribution in [1.82, 2.24) is 0 Å². The van der Waals surface area contributed by atoms with Crippen LogP contribution < -0.4 is 0 Å². The van der Waals surface area contributed by atoms with E-state index < -0.39 is 30.1 Å². The number of methoxy groups -OCH3 is 1. The summed E-state index contributed by atoms with van der Waals surface area (Å²) in [6, 6.07) is 21.6. The van der Waals surface area contributed by atoms with E-state index >= 15 is 4.39 Å². The maximum Gasteiger partial charge on any atom is 0.343 e. The molecule has 3 aromatic rings. The molecular formula is C27H24F3NO4. The lowest BCUT2D eigenvalue weighted by atomic mass is 9.84. The van der Waals surface area contributed by atoms with Gasteiger partial charge in [-0.1, -0.05) is 72.8 Å². The predicted molar refractivity (Wildman–Crippen MR) is 126 cm³/mol. The van der Waals surface area contributed by atoms with Crippen LogP contribution in [0.15, 0.2) is 89.9 Å². The van der Waals surface area contributed by atoms with Crippen molar-refractivity contribution in [1.29, 1.82) is 0 Å². The number of aliphatic imine (C=N–C) groups is 1. The minimum absolute atomic E-state index is 0.0653. The molecule has 0 spiro atoms. The molecule has 8 heteroatoms. The van der Waals surface area contributed by atoms with Crippen molar-refractivity contribution in [2.75, 3.05) is 13.7 Å². The molecule has 0 aliphatic rings. The molecule has 0 aliphatic carbocycles. The Morgan fingerprint density at radius 2 is 1.34 bits per heavy atom. The van der Waals surface area contributed by atoms with E-state index in [-0.39, 0.29) is 23.4 Å². The number of hydrogen-bond donors (Lipinski definition) is 0. The number of esters is 2. The van der Waals surface area contributed by atoms with E-state index in [1.165, 1.54) is 26.2 Å². The summed E-state index contributed by atoms with van der Waals surface area (Å²) in [5.74, 6) is -2.16. The molecule has 3 rings (SSSR count). The van der Waals surface area contributed by atoms with Crippen LogP contribution in [0, 0.1) is 0 Å². The maximum absolute atomic E-state index is 15.8. The number of rotatable bonds is 9. The second-order valence-corrected chi connectivity index (χ2v) is 7.50. The lowest BCUT2D eigenvalue weighted by Gasteiger charge is -2.33. The molecule has 0 bridgehead atoms. The van der Waals surface area contributed by atoms with E-state index in [0.717, 1.165) is 12.1 Å². The van der Waals surface area contributed by atoms with Crippen molar-refractivity contribution in [3.05, 3.63) is 107 Å². The van der Waals surface area contributed by atoms with Gasteiger partial charge in [-0.15, -0.1) is 0 Å². The zero-order valence-electron chi connectivity index (χ0n) is 19.2. The average molecular weight is 483 g/mol. The summed E-state index contributed by atoms with van der Waals surface area (Å²) in [7, 11) is 1.17. The lowest BCUT2D eigenvalue weighted by Crippen LogP contribution is -2.47. The Bertz CT molecular complexity index is 1130. The number of carbonyl (C=O) groups excluding carboxylic acids is 2. The van der Waals surface area contributed by atoms with Crippen LogP contribution in [0.1, 0.15) is 34.0 Å². The summed E-state index contributed by atoms with van der Waals surface area (Å²) in [4.78, 5) is 28.6. The van der Waals surface area contributed by atoms with Gasteiger partial charge in [0.05, 0.1) is 25.0 Å². The Morgan fingerprint density at radius 3 is 1.77 bits per heavy atom. The summed E-state index contributed by atoms with van der Waals surface area (Å²) in [5, 5.41) is 0. The molecule has 0 N–H and O–H groups in total. The molecule has 0 heterocycles. The Balaban J connectivity index is 2.33. The third-order valence-electron chi connectivity index (χ3n) is 5.37. The highest BCUT2D eigenvalue weighted by Gasteiger charge is 2.54. The number of alkyl halides is 3. The number of hydrogen-bond acceptors (Lipinski definition) is 5. The van der Waals surface area contributed by atoms with Crippen LogP contribution in [0.4, 0.5) is 13.2 Å². The zero-order valence-corrected chi connectivity index (χ0v) is 19.2. The molecule has 182 valence electrons. The van der Waals surface area contributed by atoms with E-state index in [0.29, 0.717) is 11.1 Å². The van der Waals surface area contributed by atoms with E-state index in [9.17, 15) is 18.4 Å². The molecule has 0 aliphatic heterocycles. The van der Waals surface area contributed by atoms with Gasteiger partial charge in [-0.2, -0.15) is 0 Å². The Labute approximate surface area is 201 Å². The van der Waals surface area contributed by atoms with Crippen LogP contribution in [0.25, 0.3) is 0 Å². The number of ether oxygens (including phenoxy) is 2. The second kappa shape index (κ2) is 11.5. The number of carbonyl (C=O) groups is 2. The van der Waals surface area contributed by atoms with Gasteiger partial charge in [0.25, 0.3) is 6.43 Å². The van der Waals surface area contributed by atoms with Crippen molar-refractivity contribution < 1.29 is 32.2 Å². The Kier molecular flexibility index (Phi) is 8.41. The summed E-state index contributed by atoms with van der Waals surface area (Å²) in [6.07, 6.45) is -6.29. The van der Waals surface area contributed by atoms with Crippen molar-refractivity contribution in [3.8, 4) is 0 Å².